The summed E-state index contributed by atoms with van der Waals surface area (Å²) in [6.45, 7) is 3.85. The molecule has 0 spiro atoms. The van der Waals surface area contributed by atoms with Crippen LogP contribution in [-0.2, 0) is 0 Å². The fourth-order valence-corrected chi connectivity index (χ4v) is 2.06. The van der Waals surface area contributed by atoms with Crippen molar-refractivity contribution in [1.82, 2.24) is 0 Å². The van der Waals surface area contributed by atoms with Crippen LogP contribution >= 0.6 is 11.6 Å². The summed E-state index contributed by atoms with van der Waals surface area (Å²) in [6, 6.07) is 11.0. The molecule has 3 heteroatoms. The third-order valence-electron chi connectivity index (χ3n) is 2.96. The molecule has 2 aromatic carbocycles. The highest BCUT2D eigenvalue weighted by atomic mass is 35.5. The van der Waals surface area contributed by atoms with Crippen molar-refractivity contribution in [3.8, 4) is 11.1 Å². The van der Waals surface area contributed by atoms with Gasteiger partial charge in [-0.25, -0.2) is 4.79 Å². The summed E-state index contributed by atoms with van der Waals surface area (Å²) in [4.78, 5) is 10.9. The first-order valence-electron chi connectivity index (χ1n) is 5.59. The molecule has 0 unspecified atom stereocenters. The average molecular weight is 261 g/mol. The minimum absolute atomic E-state index is 0.300. The summed E-state index contributed by atoms with van der Waals surface area (Å²) in [5.74, 6) is -0.911. The van der Waals surface area contributed by atoms with E-state index in [0.717, 1.165) is 22.3 Å². The van der Waals surface area contributed by atoms with E-state index in [0.29, 0.717) is 10.6 Å². The van der Waals surface area contributed by atoms with E-state index in [2.05, 4.69) is 0 Å². The van der Waals surface area contributed by atoms with Gasteiger partial charge in [-0.2, -0.15) is 0 Å². The molecule has 0 aliphatic heterocycles. The second kappa shape index (κ2) is 4.83. The number of carboxylic acids is 1. The number of hydrogen-bond donors (Lipinski definition) is 1. The van der Waals surface area contributed by atoms with Gasteiger partial charge >= 0.3 is 5.97 Å². The Balaban J connectivity index is 2.51. The highest BCUT2D eigenvalue weighted by Gasteiger charge is 2.08. The van der Waals surface area contributed by atoms with Crippen molar-refractivity contribution in [1.29, 1.82) is 0 Å². The van der Waals surface area contributed by atoms with Crippen molar-refractivity contribution in [2.24, 2.45) is 0 Å². The van der Waals surface area contributed by atoms with Crippen LogP contribution in [-0.4, -0.2) is 11.1 Å². The van der Waals surface area contributed by atoms with E-state index in [4.69, 9.17) is 16.7 Å². The molecule has 0 fully saturated rings. The van der Waals surface area contributed by atoms with Crippen molar-refractivity contribution >= 4 is 17.6 Å². The monoisotopic (exact) mass is 260 g/mol. The Kier molecular flexibility index (Phi) is 3.39. The second-order valence-corrected chi connectivity index (χ2v) is 4.71. The van der Waals surface area contributed by atoms with Gasteiger partial charge in [0.2, 0.25) is 0 Å². The maximum Gasteiger partial charge on any atom is 0.335 e. The number of halogens is 1. The molecule has 2 aromatic rings. The van der Waals surface area contributed by atoms with Crippen LogP contribution in [0.1, 0.15) is 21.5 Å². The van der Waals surface area contributed by atoms with E-state index >= 15 is 0 Å². The van der Waals surface area contributed by atoms with Gasteiger partial charge in [0, 0.05) is 5.02 Å². The van der Waals surface area contributed by atoms with Crippen LogP contribution in [0.15, 0.2) is 36.4 Å². The summed E-state index contributed by atoms with van der Waals surface area (Å²) in [6.07, 6.45) is 0. The Bertz CT molecular complexity index is 618. The largest absolute Gasteiger partial charge is 0.478 e. The van der Waals surface area contributed by atoms with Crippen LogP contribution in [0, 0.1) is 13.8 Å². The Morgan fingerprint density at radius 2 is 1.78 bits per heavy atom. The van der Waals surface area contributed by atoms with E-state index in [1.54, 1.807) is 12.1 Å². The third-order valence-corrected chi connectivity index (χ3v) is 3.36. The first-order valence-corrected chi connectivity index (χ1v) is 5.97. The number of hydrogen-bond acceptors (Lipinski definition) is 1. The lowest BCUT2D eigenvalue weighted by Crippen LogP contribution is -1.97. The molecule has 0 saturated heterocycles. The lowest BCUT2D eigenvalue weighted by Gasteiger charge is -2.08. The maximum atomic E-state index is 10.9. The summed E-state index contributed by atoms with van der Waals surface area (Å²) in [7, 11) is 0. The normalized spacial score (nSPS) is 10.4. The van der Waals surface area contributed by atoms with E-state index in [1.807, 2.05) is 38.1 Å². The number of aryl methyl sites for hydroxylation is 2. The van der Waals surface area contributed by atoms with Crippen LogP contribution in [0.25, 0.3) is 11.1 Å². The third kappa shape index (κ3) is 2.39. The molecule has 0 bridgehead atoms. The zero-order valence-electron chi connectivity index (χ0n) is 10.2. The van der Waals surface area contributed by atoms with Gasteiger partial charge in [-0.05, 0) is 54.3 Å². The standard InChI is InChI=1S/C15H13ClO2/c1-9-3-4-11(8-14(9)16)13-6-5-12(15(17)18)7-10(13)2/h3-8H,1-2H3,(H,17,18). The molecule has 2 nitrogen and oxygen atoms in total. The summed E-state index contributed by atoms with van der Waals surface area (Å²) >= 11 is 6.10. The summed E-state index contributed by atoms with van der Waals surface area (Å²) < 4.78 is 0. The fraction of sp³-hybridized carbons (Fsp3) is 0.133. The SMILES string of the molecule is Cc1ccc(-c2ccc(C(=O)O)cc2C)cc1Cl. The Morgan fingerprint density at radius 1 is 1.06 bits per heavy atom. The highest BCUT2D eigenvalue weighted by molar-refractivity contribution is 6.31. The molecule has 0 saturated carbocycles. The van der Waals surface area contributed by atoms with Crippen LogP contribution in [0.4, 0.5) is 0 Å². The minimum Gasteiger partial charge on any atom is -0.478 e. The fourth-order valence-electron chi connectivity index (χ4n) is 1.88. The first kappa shape index (κ1) is 12.7. The Hall–Kier alpha value is -1.80. The van der Waals surface area contributed by atoms with Gasteiger partial charge < -0.3 is 5.11 Å². The molecule has 0 heterocycles. The van der Waals surface area contributed by atoms with Crippen molar-refractivity contribution in [2.45, 2.75) is 13.8 Å². The predicted molar refractivity (Wildman–Crippen MR) is 73.3 cm³/mol. The van der Waals surface area contributed by atoms with Gasteiger partial charge in [0.25, 0.3) is 0 Å². The van der Waals surface area contributed by atoms with Gasteiger partial charge in [0.05, 0.1) is 5.56 Å². The molecule has 0 aromatic heterocycles. The van der Waals surface area contributed by atoms with Gasteiger partial charge in [-0.15, -0.1) is 0 Å². The number of benzene rings is 2. The molecule has 1 N–H and O–H groups in total. The molecule has 18 heavy (non-hydrogen) atoms. The first-order chi connectivity index (χ1) is 8.49. The molecule has 0 aliphatic carbocycles. The molecule has 92 valence electrons. The van der Waals surface area contributed by atoms with Gasteiger partial charge in [-0.3, -0.25) is 0 Å². The maximum absolute atomic E-state index is 10.9. The number of aromatic carboxylic acids is 1. The second-order valence-electron chi connectivity index (χ2n) is 4.30. The summed E-state index contributed by atoms with van der Waals surface area (Å²) in [5.41, 5.74) is 4.26. The smallest absolute Gasteiger partial charge is 0.335 e. The molecule has 0 aliphatic rings. The molecular formula is C15H13ClO2. The van der Waals surface area contributed by atoms with E-state index in [9.17, 15) is 4.79 Å². The highest BCUT2D eigenvalue weighted by Crippen LogP contribution is 2.28. The molecular weight excluding hydrogens is 248 g/mol. The molecule has 0 amide bonds. The Labute approximate surface area is 111 Å². The van der Waals surface area contributed by atoms with Crippen molar-refractivity contribution < 1.29 is 9.90 Å². The van der Waals surface area contributed by atoms with Gasteiger partial charge in [-0.1, -0.05) is 29.8 Å². The molecule has 0 radical (unpaired) electrons. The Morgan fingerprint density at radius 3 is 2.33 bits per heavy atom. The van der Waals surface area contributed by atoms with Crippen LogP contribution in [0.2, 0.25) is 5.02 Å². The number of rotatable bonds is 2. The topological polar surface area (TPSA) is 37.3 Å². The van der Waals surface area contributed by atoms with Crippen molar-refractivity contribution in [2.75, 3.05) is 0 Å². The number of carboxylic acid groups (broad SMARTS) is 1. The van der Waals surface area contributed by atoms with E-state index in [-0.39, 0.29) is 0 Å². The molecule has 2 rings (SSSR count). The van der Waals surface area contributed by atoms with Crippen LogP contribution in [0.5, 0.6) is 0 Å². The van der Waals surface area contributed by atoms with Crippen molar-refractivity contribution in [3.63, 3.8) is 0 Å². The zero-order valence-corrected chi connectivity index (χ0v) is 11.0. The lowest BCUT2D eigenvalue weighted by molar-refractivity contribution is 0.0697. The number of carbonyl (C=O) groups is 1. The van der Waals surface area contributed by atoms with Gasteiger partial charge in [0.1, 0.15) is 0 Å². The average Bonchev–Trinajstić information content (AvgIpc) is 2.32. The predicted octanol–water partition coefficient (Wildman–Crippen LogP) is 4.32. The van der Waals surface area contributed by atoms with E-state index < -0.39 is 5.97 Å². The lowest BCUT2D eigenvalue weighted by atomic mass is 9.98. The quantitative estimate of drug-likeness (QED) is 0.873. The van der Waals surface area contributed by atoms with E-state index in [1.165, 1.54) is 0 Å². The minimum atomic E-state index is -0.911. The van der Waals surface area contributed by atoms with Crippen LogP contribution < -0.4 is 0 Å². The molecule has 0 atom stereocenters. The zero-order chi connectivity index (χ0) is 13.3. The summed E-state index contributed by atoms with van der Waals surface area (Å²) in [5, 5.41) is 9.65. The van der Waals surface area contributed by atoms with Crippen LogP contribution in [0.3, 0.4) is 0 Å². The van der Waals surface area contributed by atoms with Crippen molar-refractivity contribution in [3.05, 3.63) is 58.1 Å². The van der Waals surface area contributed by atoms with Gasteiger partial charge in [0.15, 0.2) is 0 Å².